The minimum absolute atomic E-state index is 0.0553. The predicted molar refractivity (Wildman–Crippen MR) is 93.7 cm³/mol. The van der Waals surface area contributed by atoms with E-state index in [1.807, 2.05) is 24.3 Å². The second-order valence-corrected chi connectivity index (χ2v) is 6.54. The Kier molecular flexibility index (Phi) is 4.39. The summed E-state index contributed by atoms with van der Waals surface area (Å²) >= 11 is 0. The highest BCUT2D eigenvalue weighted by Gasteiger charge is 2.33. The molecular formula is C18H19N3O4. The Bertz CT molecular complexity index is 888. The maximum Gasteiger partial charge on any atom is 0.332 e. The van der Waals surface area contributed by atoms with E-state index >= 15 is 0 Å². The van der Waals surface area contributed by atoms with Gasteiger partial charge in [0.15, 0.2) is 0 Å². The molecule has 7 nitrogen and oxygen atoms in total. The largest absolute Gasteiger partial charge is 0.339 e. The minimum atomic E-state index is -0.733. The second kappa shape index (κ2) is 6.51. The normalized spacial score (nSPS) is 16.1. The number of hydrogen-bond acceptors (Lipinski definition) is 4. The molecule has 2 aromatic rings. The van der Waals surface area contributed by atoms with E-state index in [2.05, 4.69) is 13.8 Å². The fourth-order valence-corrected chi connectivity index (χ4v) is 3.24. The molecule has 2 heterocycles. The van der Waals surface area contributed by atoms with Gasteiger partial charge < -0.3 is 9.47 Å². The monoisotopic (exact) mass is 341 g/mol. The number of anilines is 1. The molecule has 25 heavy (non-hydrogen) atoms. The van der Waals surface area contributed by atoms with Gasteiger partial charge in [-0.1, -0.05) is 32.0 Å². The van der Waals surface area contributed by atoms with E-state index in [-0.39, 0.29) is 18.4 Å². The van der Waals surface area contributed by atoms with E-state index in [1.165, 1.54) is 10.8 Å². The molecule has 0 unspecified atom stereocenters. The van der Waals surface area contributed by atoms with Crippen LogP contribution in [-0.4, -0.2) is 21.9 Å². The lowest BCUT2D eigenvalue weighted by Crippen LogP contribution is -2.33. The van der Waals surface area contributed by atoms with E-state index in [0.29, 0.717) is 12.5 Å². The minimum Gasteiger partial charge on any atom is -0.339 e. The highest BCUT2D eigenvalue weighted by atomic mass is 16.6. The standard InChI is InChI=1S/C18H19N3O4/c1-12(2)14-9-20(15-6-4-3-5-13(14)15)18(23)11-19-8-7-17(22)16(10-19)21(24)25/h3-8,10,12,14H,9,11H2,1-2H3/t14-/m0/s1. The van der Waals surface area contributed by atoms with Gasteiger partial charge in [-0.25, -0.2) is 0 Å². The van der Waals surface area contributed by atoms with Crippen molar-refractivity contribution in [3.63, 3.8) is 0 Å². The molecule has 1 aromatic carbocycles. The molecular weight excluding hydrogens is 322 g/mol. The Labute approximate surface area is 144 Å². The molecule has 1 atom stereocenters. The van der Waals surface area contributed by atoms with Crippen LogP contribution in [0.5, 0.6) is 0 Å². The van der Waals surface area contributed by atoms with Crippen molar-refractivity contribution < 1.29 is 9.72 Å². The van der Waals surface area contributed by atoms with Gasteiger partial charge in [-0.15, -0.1) is 0 Å². The van der Waals surface area contributed by atoms with Gasteiger partial charge in [0.25, 0.3) is 5.43 Å². The molecule has 1 aromatic heterocycles. The lowest BCUT2D eigenvalue weighted by molar-refractivity contribution is -0.386. The Balaban J connectivity index is 1.86. The Morgan fingerprint density at radius 1 is 1.32 bits per heavy atom. The zero-order valence-corrected chi connectivity index (χ0v) is 14.1. The van der Waals surface area contributed by atoms with Crippen LogP contribution in [0.2, 0.25) is 0 Å². The summed E-state index contributed by atoms with van der Waals surface area (Å²) in [5.41, 5.74) is 0.843. The molecule has 0 N–H and O–H groups in total. The summed E-state index contributed by atoms with van der Waals surface area (Å²) in [7, 11) is 0. The number of pyridine rings is 1. The molecule has 3 rings (SSSR count). The number of para-hydroxylation sites is 1. The maximum atomic E-state index is 12.8. The van der Waals surface area contributed by atoms with Gasteiger partial charge >= 0.3 is 5.69 Å². The Hall–Kier alpha value is -2.96. The van der Waals surface area contributed by atoms with Crippen LogP contribution in [0.25, 0.3) is 0 Å². The van der Waals surface area contributed by atoms with Gasteiger partial charge in [0.1, 0.15) is 6.54 Å². The van der Waals surface area contributed by atoms with Crippen molar-refractivity contribution in [2.75, 3.05) is 11.4 Å². The van der Waals surface area contributed by atoms with Gasteiger partial charge in [-0.3, -0.25) is 19.7 Å². The summed E-state index contributed by atoms with van der Waals surface area (Å²) in [6, 6.07) is 8.93. The Morgan fingerprint density at radius 2 is 2.04 bits per heavy atom. The highest BCUT2D eigenvalue weighted by Crippen LogP contribution is 2.40. The first-order valence-corrected chi connectivity index (χ1v) is 8.12. The first-order chi connectivity index (χ1) is 11.9. The van der Waals surface area contributed by atoms with Crippen LogP contribution in [0.3, 0.4) is 0 Å². The van der Waals surface area contributed by atoms with Crippen molar-refractivity contribution in [1.82, 2.24) is 4.57 Å². The molecule has 130 valence electrons. The third-order valence-corrected chi connectivity index (χ3v) is 4.58. The van der Waals surface area contributed by atoms with Gasteiger partial charge in [-0.2, -0.15) is 0 Å². The quantitative estimate of drug-likeness (QED) is 0.632. The van der Waals surface area contributed by atoms with Crippen molar-refractivity contribution >= 4 is 17.3 Å². The number of benzene rings is 1. The van der Waals surface area contributed by atoms with Crippen LogP contribution in [0.1, 0.15) is 25.3 Å². The SMILES string of the molecule is CC(C)[C@@H]1CN(C(=O)Cn2ccc(=O)c([N+](=O)[O-])c2)c2ccccc21. The molecule has 0 bridgehead atoms. The number of rotatable bonds is 4. The highest BCUT2D eigenvalue weighted by molar-refractivity contribution is 5.95. The number of aromatic nitrogens is 1. The smallest absolute Gasteiger partial charge is 0.332 e. The van der Waals surface area contributed by atoms with Crippen LogP contribution in [0.15, 0.2) is 47.5 Å². The maximum absolute atomic E-state index is 12.8. The average molecular weight is 341 g/mol. The van der Waals surface area contributed by atoms with Crippen LogP contribution >= 0.6 is 0 Å². The number of nitrogens with zero attached hydrogens (tertiary/aromatic N) is 3. The summed E-state index contributed by atoms with van der Waals surface area (Å²) in [6.45, 7) is 4.79. The predicted octanol–water partition coefficient (Wildman–Crippen LogP) is 2.54. The number of nitro groups is 1. The van der Waals surface area contributed by atoms with Gasteiger partial charge in [0.2, 0.25) is 5.91 Å². The fourth-order valence-electron chi connectivity index (χ4n) is 3.24. The molecule has 0 spiro atoms. The van der Waals surface area contributed by atoms with Crippen LogP contribution < -0.4 is 10.3 Å². The first kappa shape index (κ1) is 16.9. The summed E-state index contributed by atoms with van der Waals surface area (Å²) in [5, 5.41) is 10.9. The van der Waals surface area contributed by atoms with Crippen molar-refractivity contribution in [3.8, 4) is 0 Å². The summed E-state index contributed by atoms with van der Waals surface area (Å²) in [4.78, 5) is 36.1. The lowest BCUT2D eigenvalue weighted by atomic mass is 9.90. The van der Waals surface area contributed by atoms with Crippen molar-refractivity contribution in [2.24, 2.45) is 5.92 Å². The zero-order valence-electron chi connectivity index (χ0n) is 14.1. The number of hydrogen-bond donors (Lipinski definition) is 0. The van der Waals surface area contributed by atoms with Crippen LogP contribution in [-0.2, 0) is 11.3 Å². The summed E-state index contributed by atoms with van der Waals surface area (Å²) in [6.07, 6.45) is 2.51. The third-order valence-electron chi connectivity index (χ3n) is 4.58. The topological polar surface area (TPSA) is 85.5 Å². The molecule has 0 fully saturated rings. The van der Waals surface area contributed by atoms with E-state index in [4.69, 9.17) is 0 Å². The fraction of sp³-hybridized carbons (Fsp3) is 0.333. The molecule has 0 radical (unpaired) electrons. The molecule has 1 amide bonds. The molecule has 0 aliphatic carbocycles. The molecule has 1 aliphatic heterocycles. The third kappa shape index (κ3) is 3.17. The molecule has 0 saturated heterocycles. The molecule has 0 saturated carbocycles. The molecule has 7 heteroatoms. The van der Waals surface area contributed by atoms with E-state index in [0.717, 1.165) is 23.5 Å². The van der Waals surface area contributed by atoms with E-state index < -0.39 is 16.0 Å². The number of carbonyl (C=O) groups excluding carboxylic acids is 1. The van der Waals surface area contributed by atoms with Crippen molar-refractivity contribution in [3.05, 3.63) is 68.6 Å². The van der Waals surface area contributed by atoms with E-state index in [9.17, 15) is 19.7 Å². The zero-order chi connectivity index (χ0) is 18.1. The van der Waals surface area contributed by atoms with Gasteiger partial charge in [-0.05, 0) is 17.5 Å². The second-order valence-electron chi connectivity index (χ2n) is 6.54. The lowest BCUT2D eigenvalue weighted by Gasteiger charge is -2.19. The van der Waals surface area contributed by atoms with Crippen molar-refractivity contribution in [2.45, 2.75) is 26.3 Å². The number of fused-ring (bicyclic) bond motifs is 1. The first-order valence-electron chi connectivity index (χ1n) is 8.12. The number of carbonyl (C=O) groups is 1. The summed E-state index contributed by atoms with van der Waals surface area (Å²) < 4.78 is 1.38. The van der Waals surface area contributed by atoms with Crippen LogP contribution in [0, 0.1) is 16.0 Å². The average Bonchev–Trinajstić information content (AvgIpc) is 2.96. The Morgan fingerprint density at radius 3 is 2.72 bits per heavy atom. The van der Waals surface area contributed by atoms with Gasteiger partial charge in [0.05, 0.1) is 11.1 Å². The van der Waals surface area contributed by atoms with Gasteiger partial charge in [0, 0.05) is 30.4 Å². The number of amides is 1. The van der Waals surface area contributed by atoms with E-state index in [1.54, 1.807) is 4.90 Å². The molecule has 1 aliphatic rings. The van der Waals surface area contributed by atoms with Crippen LogP contribution in [0.4, 0.5) is 11.4 Å². The summed E-state index contributed by atoms with van der Waals surface area (Å²) in [5.74, 6) is 0.504. The van der Waals surface area contributed by atoms with Crippen molar-refractivity contribution in [1.29, 1.82) is 0 Å².